The minimum absolute atomic E-state index is 0.162. The van der Waals surface area contributed by atoms with Gasteiger partial charge in [0.25, 0.3) is 0 Å². The maximum absolute atomic E-state index is 13.1. The molecule has 0 spiro atoms. The Morgan fingerprint density at radius 1 is 1.26 bits per heavy atom. The Hall–Kier alpha value is -2.76. The van der Waals surface area contributed by atoms with Gasteiger partial charge >= 0.3 is 0 Å². The van der Waals surface area contributed by atoms with Gasteiger partial charge < -0.3 is 25.6 Å². The number of ether oxygens (including phenoxy) is 1. The number of aromatic amines is 1. The van der Waals surface area contributed by atoms with Crippen molar-refractivity contribution in [1.82, 2.24) is 30.4 Å². The van der Waals surface area contributed by atoms with Crippen LogP contribution in [-0.2, 0) is 9.53 Å². The van der Waals surface area contributed by atoms with Gasteiger partial charge in [-0.2, -0.15) is 10.1 Å². The number of nitrogens with zero attached hydrogens (tertiary/aromatic N) is 4. The third kappa shape index (κ3) is 6.09. The number of amides is 1. The molecule has 4 N–H and O–H groups in total. The quantitative estimate of drug-likeness (QED) is 0.295. The van der Waals surface area contributed by atoms with E-state index in [9.17, 15) is 4.79 Å². The van der Waals surface area contributed by atoms with Crippen molar-refractivity contribution in [2.24, 2.45) is 0 Å². The second-order valence-electron chi connectivity index (χ2n) is 9.00. The molecule has 4 rings (SSSR count). The van der Waals surface area contributed by atoms with Crippen molar-refractivity contribution in [1.29, 1.82) is 0 Å². The lowest BCUT2D eigenvalue weighted by atomic mass is 9.88. The summed E-state index contributed by atoms with van der Waals surface area (Å²) in [6.45, 7) is 7.88. The molecule has 190 valence electrons. The van der Waals surface area contributed by atoms with Crippen LogP contribution in [0.4, 0.5) is 17.6 Å². The molecular formula is C24H36N8O2S. The summed E-state index contributed by atoms with van der Waals surface area (Å²) >= 11 is 1.59. The molecule has 2 atom stereocenters. The van der Waals surface area contributed by atoms with Crippen LogP contribution in [0.15, 0.2) is 17.5 Å². The third-order valence-electron chi connectivity index (χ3n) is 6.50. The molecule has 1 aliphatic heterocycles. The summed E-state index contributed by atoms with van der Waals surface area (Å²) in [5.74, 6) is 2.22. The normalized spacial score (nSPS) is 20.3. The molecule has 11 heteroatoms. The first kappa shape index (κ1) is 25.3. The minimum Gasteiger partial charge on any atom is -0.383 e. The van der Waals surface area contributed by atoms with Crippen LogP contribution in [0.1, 0.15) is 45.2 Å². The predicted octanol–water partition coefficient (Wildman–Crippen LogP) is 3.66. The molecule has 0 bridgehead atoms. The zero-order chi connectivity index (χ0) is 24.8. The van der Waals surface area contributed by atoms with Gasteiger partial charge in [-0.3, -0.25) is 9.89 Å². The van der Waals surface area contributed by atoms with E-state index in [0.717, 1.165) is 53.2 Å². The molecule has 4 heterocycles. The number of hydrogen-bond acceptors (Lipinski definition) is 9. The smallest absolute Gasteiger partial charge is 0.237 e. The lowest BCUT2D eigenvalue weighted by Gasteiger charge is -2.45. The molecule has 35 heavy (non-hydrogen) atoms. The molecule has 3 aromatic heterocycles. The van der Waals surface area contributed by atoms with Gasteiger partial charge in [-0.05, 0) is 44.1 Å². The van der Waals surface area contributed by atoms with Gasteiger partial charge in [0.2, 0.25) is 11.9 Å². The number of anilines is 3. The number of methoxy groups -OCH3 is 1. The number of hydrogen-bond donors (Lipinski definition) is 4. The monoisotopic (exact) mass is 500 g/mol. The van der Waals surface area contributed by atoms with E-state index in [-0.39, 0.29) is 24.0 Å². The Labute approximate surface area is 210 Å². The Bertz CT molecular complexity index is 1100. The third-order valence-corrected chi connectivity index (χ3v) is 7.31. The molecule has 0 aromatic carbocycles. The summed E-state index contributed by atoms with van der Waals surface area (Å²) in [7, 11) is 1.67. The maximum Gasteiger partial charge on any atom is 0.237 e. The van der Waals surface area contributed by atoms with Gasteiger partial charge in [0.1, 0.15) is 10.6 Å². The van der Waals surface area contributed by atoms with Crippen LogP contribution in [0.25, 0.3) is 10.2 Å². The number of carbonyl (C=O) groups is 1. The van der Waals surface area contributed by atoms with Crippen LogP contribution in [-0.4, -0.2) is 75.9 Å². The first-order valence-electron chi connectivity index (χ1n) is 12.3. The predicted molar refractivity (Wildman–Crippen MR) is 140 cm³/mol. The number of piperidine rings is 1. The summed E-state index contributed by atoms with van der Waals surface area (Å²) in [5.41, 5.74) is 0.980. The number of aryl methyl sites for hydroxylation is 1. The molecule has 1 saturated heterocycles. The van der Waals surface area contributed by atoms with Crippen molar-refractivity contribution in [3.63, 3.8) is 0 Å². The van der Waals surface area contributed by atoms with Crippen LogP contribution in [0.5, 0.6) is 0 Å². The zero-order valence-corrected chi connectivity index (χ0v) is 21.7. The molecule has 1 fully saturated rings. The highest BCUT2D eigenvalue weighted by Gasteiger charge is 2.36. The van der Waals surface area contributed by atoms with Crippen molar-refractivity contribution < 1.29 is 9.53 Å². The van der Waals surface area contributed by atoms with E-state index >= 15 is 0 Å². The Morgan fingerprint density at radius 3 is 2.69 bits per heavy atom. The van der Waals surface area contributed by atoms with Gasteiger partial charge in [0.05, 0.1) is 18.5 Å². The molecule has 10 nitrogen and oxygen atoms in total. The number of thiophene rings is 1. The number of nitrogens with one attached hydrogen (secondary N) is 4. The number of H-pyrrole nitrogens is 1. The van der Waals surface area contributed by atoms with Crippen LogP contribution >= 0.6 is 11.3 Å². The number of fused-ring (bicyclic) bond motifs is 1. The fraction of sp³-hybridized carbons (Fsp3) is 0.583. The van der Waals surface area contributed by atoms with E-state index in [1.165, 1.54) is 0 Å². The average molecular weight is 501 g/mol. The number of rotatable bonds is 11. The summed E-state index contributed by atoms with van der Waals surface area (Å²) in [5, 5.41) is 20.3. The summed E-state index contributed by atoms with van der Waals surface area (Å²) in [6, 6.07) is 4.52. The lowest BCUT2D eigenvalue weighted by Crippen LogP contribution is -2.56. The van der Waals surface area contributed by atoms with Crippen LogP contribution in [0.2, 0.25) is 0 Å². The van der Waals surface area contributed by atoms with E-state index in [4.69, 9.17) is 14.7 Å². The molecule has 2 unspecified atom stereocenters. The zero-order valence-electron chi connectivity index (χ0n) is 20.9. The molecule has 1 amide bonds. The van der Waals surface area contributed by atoms with Crippen molar-refractivity contribution >= 4 is 45.0 Å². The highest BCUT2D eigenvalue weighted by atomic mass is 32.1. The van der Waals surface area contributed by atoms with Crippen LogP contribution in [0, 0.1) is 6.92 Å². The Morgan fingerprint density at radius 2 is 2.03 bits per heavy atom. The number of aromatic nitrogens is 4. The van der Waals surface area contributed by atoms with Gasteiger partial charge in [0.15, 0.2) is 5.82 Å². The van der Waals surface area contributed by atoms with Gasteiger partial charge in [0, 0.05) is 43.5 Å². The highest BCUT2D eigenvalue weighted by Crippen LogP contribution is 2.32. The van der Waals surface area contributed by atoms with E-state index < -0.39 is 0 Å². The fourth-order valence-electron chi connectivity index (χ4n) is 4.79. The first-order valence-corrected chi connectivity index (χ1v) is 13.2. The molecule has 0 radical (unpaired) electrons. The van der Waals surface area contributed by atoms with Gasteiger partial charge in [-0.1, -0.05) is 13.8 Å². The lowest BCUT2D eigenvalue weighted by molar-refractivity contribution is -0.137. The summed E-state index contributed by atoms with van der Waals surface area (Å²) in [4.78, 5) is 25.7. The van der Waals surface area contributed by atoms with Gasteiger partial charge in [-0.15, -0.1) is 11.3 Å². The topological polar surface area (TPSA) is 120 Å². The van der Waals surface area contributed by atoms with Crippen LogP contribution in [0.3, 0.4) is 0 Å². The largest absolute Gasteiger partial charge is 0.383 e. The molecule has 3 aromatic rings. The Kier molecular flexibility index (Phi) is 8.53. The number of carbonyl (C=O) groups excluding carboxylic acids is 1. The maximum atomic E-state index is 13.1. The molecule has 0 saturated carbocycles. The standard InChI is InChI=1S/C24H36N8O2S/c1-5-17-12-16(13-18(6-2)32(17)21(33)14-25-8-9-34-4)26-24-28-22(19-7-10-35-23(19)29-24)27-20-11-15(3)30-31-20/h7,10-11,16-18,25H,5-6,8-9,12-14H2,1-4H3,(H3,26,27,28,29,30,31). The van der Waals surface area contributed by atoms with Gasteiger partial charge in [-0.25, -0.2) is 4.98 Å². The van der Waals surface area contributed by atoms with Crippen molar-refractivity contribution in [3.05, 3.63) is 23.2 Å². The van der Waals surface area contributed by atoms with Crippen LogP contribution < -0.4 is 16.0 Å². The molecule has 1 aliphatic rings. The van der Waals surface area contributed by atoms with Crippen molar-refractivity contribution in [2.45, 2.75) is 64.6 Å². The van der Waals surface area contributed by atoms with E-state index in [0.29, 0.717) is 25.6 Å². The molecular weight excluding hydrogens is 464 g/mol. The number of likely N-dealkylation sites (tertiary alicyclic amines) is 1. The first-order chi connectivity index (χ1) is 17.0. The SMILES string of the molecule is CCC1CC(Nc2nc(Nc3cc(C)[nH]n3)c3ccsc3n2)CC(CC)N1C(=O)CNCCOC. The van der Waals surface area contributed by atoms with Crippen molar-refractivity contribution in [2.75, 3.05) is 37.4 Å². The Balaban J connectivity index is 1.48. The average Bonchev–Trinajstić information content (AvgIpc) is 3.49. The molecule has 0 aliphatic carbocycles. The summed E-state index contributed by atoms with van der Waals surface area (Å²) in [6.07, 6.45) is 3.55. The second kappa shape index (κ2) is 11.8. The van der Waals surface area contributed by atoms with E-state index in [1.54, 1.807) is 18.4 Å². The minimum atomic E-state index is 0.162. The van der Waals surface area contributed by atoms with E-state index in [2.05, 4.69) is 44.9 Å². The fourth-order valence-corrected chi connectivity index (χ4v) is 5.56. The van der Waals surface area contributed by atoms with E-state index in [1.807, 2.05) is 24.4 Å². The van der Waals surface area contributed by atoms with Crippen molar-refractivity contribution in [3.8, 4) is 0 Å². The summed E-state index contributed by atoms with van der Waals surface area (Å²) < 4.78 is 5.07. The second-order valence-corrected chi connectivity index (χ2v) is 9.90. The highest BCUT2D eigenvalue weighted by molar-refractivity contribution is 7.16.